The second-order valence-corrected chi connectivity index (χ2v) is 2.26. The van der Waals surface area contributed by atoms with E-state index in [4.69, 9.17) is 1.37 Å². The highest BCUT2D eigenvalue weighted by molar-refractivity contribution is 5.83. The molecule has 1 N–H and O–H groups in total. The van der Waals surface area contributed by atoms with E-state index in [-0.39, 0.29) is 5.75 Å². The molecule has 2 aromatic rings. The van der Waals surface area contributed by atoms with E-state index in [1.807, 2.05) is 0 Å². The molecule has 1 aromatic heterocycles. The van der Waals surface area contributed by atoms with Crippen LogP contribution in [0, 0.1) is 0 Å². The molecule has 0 atom stereocenters. The van der Waals surface area contributed by atoms with Crippen molar-refractivity contribution >= 4 is 10.9 Å². The topological polar surface area (TPSA) is 33.1 Å². The highest BCUT2D eigenvalue weighted by Crippen LogP contribution is 2.20. The number of pyridine rings is 1. The fourth-order valence-corrected chi connectivity index (χ4v) is 1.02. The summed E-state index contributed by atoms with van der Waals surface area (Å²) in [7, 11) is 0. The first-order valence-electron chi connectivity index (χ1n) is 3.82. The van der Waals surface area contributed by atoms with Crippen molar-refractivity contribution in [3.05, 3.63) is 36.5 Å². The Balaban J connectivity index is 2.95. The zero-order valence-electron chi connectivity index (χ0n) is 6.78. The minimum Gasteiger partial charge on any atom is -0.506 e. The van der Waals surface area contributed by atoms with Crippen molar-refractivity contribution in [3.63, 3.8) is 0 Å². The molecule has 1 aromatic carbocycles. The highest BCUT2D eigenvalue weighted by atomic mass is 16.3. The van der Waals surface area contributed by atoms with Gasteiger partial charge in [-0.3, -0.25) is 4.98 Å². The molecule has 2 rings (SSSR count). The normalized spacial score (nSPS) is 11.5. The first kappa shape index (κ1) is 5.13. The van der Waals surface area contributed by atoms with E-state index in [1.54, 1.807) is 24.4 Å². The number of hydrogen-bond acceptors (Lipinski definition) is 2. The number of aromatic hydroxyl groups is 1. The van der Waals surface area contributed by atoms with Crippen molar-refractivity contribution in [2.24, 2.45) is 0 Å². The fraction of sp³-hybridized carbons (Fsp3) is 0. The van der Waals surface area contributed by atoms with Gasteiger partial charge in [0, 0.05) is 11.6 Å². The van der Waals surface area contributed by atoms with Crippen molar-refractivity contribution < 1.29 is 6.48 Å². The maximum absolute atomic E-state index is 9.35. The predicted molar refractivity (Wildman–Crippen MR) is 43.4 cm³/mol. The van der Waals surface area contributed by atoms with Gasteiger partial charge in [0.05, 0.1) is 1.37 Å². The Labute approximate surface area is 65.5 Å². The van der Waals surface area contributed by atoms with E-state index in [0.29, 0.717) is 16.9 Å². The Morgan fingerprint density at radius 3 is 3.09 bits per heavy atom. The smallest absolute Gasteiger partial charge is 0.141 e. The summed E-state index contributed by atoms with van der Waals surface area (Å²) in [6.07, 6.45) is 1.60. The van der Waals surface area contributed by atoms with Crippen LogP contribution in [0.15, 0.2) is 36.5 Å². The summed E-state index contributed by atoms with van der Waals surface area (Å²) in [4.78, 5) is 3.97. The number of fused-ring (bicyclic) bond motifs is 1. The third kappa shape index (κ3) is 0.923. The number of para-hydroxylation sites is 1. The van der Waals surface area contributed by atoms with Gasteiger partial charge < -0.3 is 5.11 Å². The lowest BCUT2D eigenvalue weighted by Gasteiger charge is -1.96. The quantitative estimate of drug-likeness (QED) is 0.616. The Hall–Kier alpha value is -1.57. The van der Waals surface area contributed by atoms with Gasteiger partial charge in [0.25, 0.3) is 0 Å². The van der Waals surface area contributed by atoms with Crippen LogP contribution >= 0.6 is 0 Å². The summed E-state index contributed by atoms with van der Waals surface area (Å²) >= 11 is 0. The number of phenolic OH excluding ortho intramolecular Hbond substituents is 1. The van der Waals surface area contributed by atoms with Gasteiger partial charge in [0.1, 0.15) is 11.3 Å². The van der Waals surface area contributed by atoms with E-state index in [1.165, 1.54) is 6.07 Å². The van der Waals surface area contributed by atoms with Crippen LogP contribution in [0.3, 0.4) is 0 Å². The third-order valence-electron chi connectivity index (χ3n) is 1.53. The zero-order chi connectivity index (χ0) is 8.55. The van der Waals surface area contributed by atoms with Gasteiger partial charge in [0.15, 0.2) is 0 Å². The molecule has 54 valence electrons. The van der Waals surface area contributed by atoms with Crippen molar-refractivity contribution in [2.45, 2.75) is 0 Å². The van der Waals surface area contributed by atoms with Crippen LogP contribution < -0.4 is 0 Å². The molecule has 0 unspecified atom stereocenters. The molecule has 0 saturated heterocycles. The second-order valence-electron chi connectivity index (χ2n) is 2.26. The zero-order valence-corrected chi connectivity index (χ0v) is 5.78. The molecule has 0 spiro atoms. The molecule has 0 aliphatic heterocycles. The first-order valence-corrected chi connectivity index (χ1v) is 3.32. The molecule has 1 heterocycles. The average Bonchev–Trinajstić information content (AvgIpc) is 2.12. The Bertz CT molecular complexity index is 387. The molecular weight excluding hydrogens is 138 g/mol. The minimum absolute atomic E-state index is 0.126. The van der Waals surface area contributed by atoms with E-state index in [0.717, 1.165) is 0 Å². The summed E-state index contributed by atoms with van der Waals surface area (Å²) < 4.78 is 7.51. The van der Waals surface area contributed by atoms with Gasteiger partial charge in [-0.1, -0.05) is 18.2 Å². The van der Waals surface area contributed by atoms with Gasteiger partial charge in [-0.25, -0.2) is 0 Å². The third-order valence-corrected chi connectivity index (χ3v) is 1.53. The summed E-state index contributed by atoms with van der Waals surface area (Å²) in [5.41, 5.74) is 0.491. The number of nitrogens with zero attached hydrogens (tertiary/aromatic N) is 1. The van der Waals surface area contributed by atoms with Gasteiger partial charge in [-0.05, 0) is 12.1 Å². The summed E-state index contributed by atoms with van der Waals surface area (Å²) in [6.45, 7) is 0. The van der Waals surface area contributed by atoms with Gasteiger partial charge in [0.2, 0.25) is 0 Å². The number of benzene rings is 1. The van der Waals surface area contributed by atoms with E-state index < -0.39 is 0 Å². The van der Waals surface area contributed by atoms with Gasteiger partial charge >= 0.3 is 0 Å². The maximum atomic E-state index is 9.35. The van der Waals surface area contributed by atoms with Crippen LogP contribution in [0.25, 0.3) is 10.9 Å². The van der Waals surface area contributed by atoms with Crippen LogP contribution in [-0.4, -0.2) is 10.1 Å². The Kier molecular flexibility index (Phi) is 1.04. The summed E-state index contributed by atoms with van der Waals surface area (Å²) in [6, 6.07) is 6.94. The molecular formula is C9H7NO. The number of aromatic nitrogens is 1. The van der Waals surface area contributed by atoms with Crippen LogP contribution in [-0.2, 0) is 0 Å². The van der Waals surface area contributed by atoms with E-state index in [2.05, 4.69) is 4.98 Å². The molecule has 0 saturated carbocycles. The molecule has 0 amide bonds. The molecule has 0 radical (unpaired) electrons. The molecule has 0 bridgehead atoms. The molecule has 0 aliphatic rings. The van der Waals surface area contributed by atoms with Crippen molar-refractivity contribution in [1.82, 2.24) is 4.98 Å². The standard InChI is InChI=1S/C9H7NO/c11-8-5-1-3-7-4-2-6-10-9(7)8/h1-6,11H/i3D. The van der Waals surface area contributed by atoms with Gasteiger partial charge in [-0.15, -0.1) is 0 Å². The summed E-state index contributed by atoms with van der Waals surface area (Å²) in [5, 5.41) is 10.0. The maximum Gasteiger partial charge on any atom is 0.141 e. The lowest BCUT2D eigenvalue weighted by atomic mass is 10.2. The lowest BCUT2D eigenvalue weighted by molar-refractivity contribution is 0.480. The number of phenols is 1. The Morgan fingerprint density at radius 2 is 2.27 bits per heavy atom. The van der Waals surface area contributed by atoms with Crippen LogP contribution in [0.1, 0.15) is 1.37 Å². The molecule has 2 nitrogen and oxygen atoms in total. The van der Waals surface area contributed by atoms with E-state index >= 15 is 0 Å². The van der Waals surface area contributed by atoms with Crippen LogP contribution in [0.2, 0.25) is 0 Å². The number of rotatable bonds is 0. The number of hydrogen-bond donors (Lipinski definition) is 1. The van der Waals surface area contributed by atoms with Gasteiger partial charge in [-0.2, -0.15) is 0 Å². The summed E-state index contributed by atoms with van der Waals surface area (Å²) in [5.74, 6) is 0.126. The van der Waals surface area contributed by atoms with Crippen LogP contribution in [0.5, 0.6) is 5.75 Å². The van der Waals surface area contributed by atoms with Crippen molar-refractivity contribution in [3.8, 4) is 5.75 Å². The molecule has 2 heteroatoms. The monoisotopic (exact) mass is 146 g/mol. The van der Waals surface area contributed by atoms with Crippen molar-refractivity contribution in [1.29, 1.82) is 0 Å². The van der Waals surface area contributed by atoms with Crippen LogP contribution in [0.4, 0.5) is 0 Å². The highest BCUT2D eigenvalue weighted by Gasteiger charge is 1.96. The SMILES string of the molecule is [2H]c1ccc(O)c2ncccc12. The van der Waals surface area contributed by atoms with E-state index in [9.17, 15) is 5.11 Å². The Morgan fingerprint density at radius 1 is 1.36 bits per heavy atom. The average molecular weight is 146 g/mol. The predicted octanol–water partition coefficient (Wildman–Crippen LogP) is 1.94. The lowest BCUT2D eigenvalue weighted by Crippen LogP contribution is -1.76. The molecule has 0 fully saturated rings. The minimum atomic E-state index is 0.126. The largest absolute Gasteiger partial charge is 0.506 e. The fourth-order valence-electron chi connectivity index (χ4n) is 1.02. The van der Waals surface area contributed by atoms with Crippen molar-refractivity contribution in [2.75, 3.05) is 0 Å². The first-order chi connectivity index (χ1) is 5.79. The molecule has 11 heavy (non-hydrogen) atoms. The second kappa shape index (κ2) is 2.23. The molecule has 0 aliphatic carbocycles.